The van der Waals surface area contributed by atoms with Gasteiger partial charge >= 0.3 is 0 Å². The molecule has 0 aromatic heterocycles. The van der Waals surface area contributed by atoms with Crippen LogP contribution in [0.2, 0.25) is 5.02 Å². The van der Waals surface area contributed by atoms with Gasteiger partial charge in [0.1, 0.15) is 0 Å². The topological polar surface area (TPSA) is 0 Å². The summed E-state index contributed by atoms with van der Waals surface area (Å²) >= 11 is 5.54. The molecule has 1 aromatic carbocycles. The van der Waals surface area contributed by atoms with E-state index < -0.39 is 0 Å². The van der Waals surface area contributed by atoms with Crippen molar-refractivity contribution in [2.24, 2.45) is 0 Å². The molecule has 0 unspecified atom stereocenters. The van der Waals surface area contributed by atoms with E-state index in [2.05, 4.69) is 0 Å². The van der Waals surface area contributed by atoms with Crippen LogP contribution in [0.3, 0.4) is 0 Å². The standard InChI is InChI=1S/C6H5Cl.Sn/c7-6-4-2-1-3-5-6;/h1-5H;. The molecule has 4 radical (unpaired) electrons. The molecule has 0 amide bonds. The van der Waals surface area contributed by atoms with Gasteiger partial charge in [-0.15, -0.1) is 0 Å². The van der Waals surface area contributed by atoms with E-state index in [-0.39, 0.29) is 23.9 Å². The fraction of sp³-hybridized carbons (Fsp3) is 0. The predicted octanol–water partition coefficient (Wildman–Crippen LogP) is 1.96. The first-order valence-corrected chi connectivity index (χ1v) is 2.48. The summed E-state index contributed by atoms with van der Waals surface area (Å²) in [6.45, 7) is 0. The molecule has 0 saturated heterocycles. The summed E-state index contributed by atoms with van der Waals surface area (Å²) in [5, 5.41) is 0.794. The first-order chi connectivity index (χ1) is 3.39. The summed E-state index contributed by atoms with van der Waals surface area (Å²) in [4.78, 5) is 0. The third-order valence-electron chi connectivity index (χ3n) is 0.733. The Morgan fingerprint density at radius 3 is 1.75 bits per heavy atom. The molecule has 0 aliphatic carbocycles. The summed E-state index contributed by atoms with van der Waals surface area (Å²) in [6.07, 6.45) is 0. The van der Waals surface area contributed by atoms with Crippen LogP contribution in [0.25, 0.3) is 0 Å². The molecule has 0 saturated carbocycles. The van der Waals surface area contributed by atoms with Crippen molar-refractivity contribution >= 4 is 35.5 Å². The largest absolute Gasteiger partial charge is 0.0843 e. The normalized spacial score (nSPS) is 7.62. The van der Waals surface area contributed by atoms with Crippen molar-refractivity contribution in [3.8, 4) is 0 Å². The average Bonchev–Trinajstić information content (AvgIpc) is 1.69. The summed E-state index contributed by atoms with van der Waals surface area (Å²) in [5.41, 5.74) is 0. The molecule has 1 rings (SSSR count). The molecule has 0 aliphatic heterocycles. The van der Waals surface area contributed by atoms with Crippen LogP contribution in [-0.4, -0.2) is 23.9 Å². The Morgan fingerprint density at radius 2 is 1.50 bits per heavy atom. The molecule has 40 valence electrons. The van der Waals surface area contributed by atoms with Crippen molar-refractivity contribution < 1.29 is 0 Å². The van der Waals surface area contributed by atoms with Gasteiger partial charge in [0.2, 0.25) is 0 Å². The molecule has 0 aliphatic rings. The van der Waals surface area contributed by atoms with Crippen molar-refractivity contribution in [1.82, 2.24) is 0 Å². The smallest absolute Gasteiger partial charge is 0.0405 e. The first-order valence-electron chi connectivity index (χ1n) is 2.10. The van der Waals surface area contributed by atoms with Gasteiger partial charge in [-0.3, -0.25) is 0 Å². The Labute approximate surface area is 70.8 Å². The van der Waals surface area contributed by atoms with Crippen LogP contribution in [0.5, 0.6) is 0 Å². The van der Waals surface area contributed by atoms with Crippen LogP contribution >= 0.6 is 11.6 Å². The number of hydrogen-bond acceptors (Lipinski definition) is 0. The predicted molar refractivity (Wildman–Crippen MR) is 37.2 cm³/mol. The second-order valence-corrected chi connectivity index (χ2v) is 1.73. The number of hydrogen-bond donors (Lipinski definition) is 0. The number of rotatable bonds is 0. The van der Waals surface area contributed by atoms with Crippen molar-refractivity contribution in [3.63, 3.8) is 0 Å². The van der Waals surface area contributed by atoms with Crippen molar-refractivity contribution in [2.45, 2.75) is 0 Å². The molecule has 8 heavy (non-hydrogen) atoms. The zero-order valence-corrected chi connectivity index (χ0v) is 7.87. The SMILES string of the molecule is Clc1ccccc1.[Sn]. The molecule has 2 heteroatoms. The molecule has 0 nitrogen and oxygen atoms in total. The molecule has 0 N–H and O–H groups in total. The Balaban J connectivity index is 0.000000490. The zero-order valence-electron chi connectivity index (χ0n) is 4.26. The van der Waals surface area contributed by atoms with Crippen molar-refractivity contribution in [2.75, 3.05) is 0 Å². The summed E-state index contributed by atoms with van der Waals surface area (Å²) in [5.74, 6) is 0. The van der Waals surface area contributed by atoms with Gasteiger partial charge in [-0.25, -0.2) is 0 Å². The quantitative estimate of drug-likeness (QED) is 0.599. The molecule has 0 atom stereocenters. The maximum Gasteiger partial charge on any atom is 0.0405 e. The fourth-order valence-electron chi connectivity index (χ4n) is 0.415. The summed E-state index contributed by atoms with van der Waals surface area (Å²) in [7, 11) is 0. The monoisotopic (exact) mass is 232 g/mol. The Hall–Kier alpha value is 0.309. The van der Waals surface area contributed by atoms with Gasteiger partial charge in [-0.1, -0.05) is 29.8 Å². The van der Waals surface area contributed by atoms with Gasteiger partial charge < -0.3 is 0 Å². The Morgan fingerprint density at radius 1 is 1.00 bits per heavy atom. The zero-order chi connectivity index (χ0) is 5.11. The molecule has 0 bridgehead atoms. The maximum atomic E-state index is 5.54. The van der Waals surface area contributed by atoms with E-state index in [0.29, 0.717) is 0 Å². The molecule has 0 spiro atoms. The minimum atomic E-state index is 0. The molecular formula is C6H5ClSn. The van der Waals surface area contributed by atoms with Crippen LogP contribution in [0, 0.1) is 0 Å². The molecule has 0 fully saturated rings. The van der Waals surface area contributed by atoms with Crippen molar-refractivity contribution in [3.05, 3.63) is 35.4 Å². The second-order valence-electron chi connectivity index (χ2n) is 1.30. The van der Waals surface area contributed by atoms with Crippen molar-refractivity contribution in [1.29, 1.82) is 0 Å². The van der Waals surface area contributed by atoms with Crippen LogP contribution in [0.4, 0.5) is 0 Å². The molecule has 0 heterocycles. The minimum Gasteiger partial charge on any atom is -0.0843 e. The average molecular weight is 231 g/mol. The van der Waals surface area contributed by atoms with Gasteiger partial charge in [0.05, 0.1) is 0 Å². The van der Waals surface area contributed by atoms with Gasteiger partial charge in [-0.05, 0) is 12.1 Å². The van der Waals surface area contributed by atoms with Gasteiger partial charge in [-0.2, -0.15) is 0 Å². The van der Waals surface area contributed by atoms with E-state index in [0.717, 1.165) is 5.02 Å². The van der Waals surface area contributed by atoms with Gasteiger partial charge in [0, 0.05) is 28.9 Å². The third kappa shape index (κ3) is 2.58. The summed E-state index contributed by atoms with van der Waals surface area (Å²) < 4.78 is 0. The number of halogens is 1. The number of benzene rings is 1. The second kappa shape index (κ2) is 4.21. The molecule has 1 aromatic rings. The van der Waals surface area contributed by atoms with E-state index in [9.17, 15) is 0 Å². The van der Waals surface area contributed by atoms with Crippen LogP contribution in [-0.2, 0) is 0 Å². The molecular weight excluding hydrogens is 226 g/mol. The first kappa shape index (κ1) is 8.31. The van der Waals surface area contributed by atoms with Crippen LogP contribution < -0.4 is 0 Å². The Kier molecular flexibility index (Phi) is 4.38. The van der Waals surface area contributed by atoms with E-state index in [4.69, 9.17) is 11.6 Å². The maximum absolute atomic E-state index is 5.54. The summed E-state index contributed by atoms with van der Waals surface area (Å²) in [6, 6.07) is 9.44. The van der Waals surface area contributed by atoms with E-state index in [1.807, 2.05) is 30.3 Å². The van der Waals surface area contributed by atoms with E-state index in [1.54, 1.807) is 0 Å². The van der Waals surface area contributed by atoms with Crippen LogP contribution in [0.1, 0.15) is 0 Å². The van der Waals surface area contributed by atoms with E-state index in [1.165, 1.54) is 0 Å². The van der Waals surface area contributed by atoms with Gasteiger partial charge in [0.15, 0.2) is 0 Å². The fourth-order valence-corrected chi connectivity index (χ4v) is 0.560. The third-order valence-corrected chi connectivity index (χ3v) is 0.985. The minimum absolute atomic E-state index is 0. The Bertz CT molecular complexity index is 138. The van der Waals surface area contributed by atoms with Crippen LogP contribution in [0.15, 0.2) is 30.3 Å². The van der Waals surface area contributed by atoms with Gasteiger partial charge in [0.25, 0.3) is 0 Å². The van der Waals surface area contributed by atoms with E-state index >= 15 is 0 Å².